The van der Waals surface area contributed by atoms with E-state index in [0.717, 1.165) is 0 Å². The molecule has 0 radical (unpaired) electrons. The predicted octanol–water partition coefficient (Wildman–Crippen LogP) is 0.768. The Kier molecular flexibility index (Phi) is 2.97. The molecule has 0 aliphatic carbocycles. The lowest BCUT2D eigenvalue weighted by Crippen LogP contribution is -2.22. The summed E-state index contributed by atoms with van der Waals surface area (Å²) in [5.74, 6) is -5.64. The van der Waals surface area contributed by atoms with Gasteiger partial charge in [-0.3, -0.25) is 0 Å². The molecule has 0 saturated heterocycles. The Morgan fingerprint density at radius 1 is 1.29 bits per heavy atom. The van der Waals surface area contributed by atoms with Crippen LogP contribution in [-0.4, -0.2) is 11.7 Å². The van der Waals surface area contributed by atoms with E-state index in [1.165, 1.54) is 0 Å². The first-order valence-electron chi connectivity index (χ1n) is 3.81. The molecule has 0 fully saturated rings. The highest BCUT2D eigenvalue weighted by Crippen LogP contribution is 2.28. The zero-order chi connectivity index (χ0) is 10.9. The van der Waals surface area contributed by atoms with Crippen molar-refractivity contribution in [3.63, 3.8) is 0 Å². The Balaban J connectivity index is 3.33. The molecule has 3 nitrogen and oxygen atoms in total. The first-order valence-corrected chi connectivity index (χ1v) is 3.81. The molecule has 0 amide bonds. The Hall–Kier alpha value is -1.27. The van der Waals surface area contributed by atoms with Crippen LogP contribution in [-0.2, 0) is 0 Å². The van der Waals surface area contributed by atoms with Crippen LogP contribution in [0.1, 0.15) is 11.6 Å². The third kappa shape index (κ3) is 1.66. The number of hydrogen-bond donors (Lipinski definition) is 3. The summed E-state index contributed by atoms with van der Waals surface area (Å²) in [7, 11) is 0. The number of benzene rings is 1. The van der Waals surface area contributed by atoms with E-state index in [-0.39, 0.29) is 12.1 Å². The van der Waals surface area contributed by atoms with Crippen LogP contribution < -0.4 is 11.5 Å². The molecule has 0 unspecified atom stereocenters. The van der Waals surface area contributed by atoms with Gasteiger partial charge in [-0.15, -0.1) is 0 Å². The van der Waals surface area contributed by atoms with Gasteiger partial charge in [0.2, 0.25) is 5.82 Å². The van der Waals surface area contributed by atoms with Gasteiger partial charge in [0.05, 0.1) is 0 Å². The maximum absolute atomic E-state index is 13.1. The van der Waals surface area contributed by atoms with Crippen LogP contribution >= 0.6 is 0 Å². The van der Waals surface area contributed by atoms with Crippen molar-refractivity contribution >= 4 is 0 Å². The smallest absolute Gasteiger partial charge is 0.203 e. The standard InChI is InChI=1S/C8H9F3N2O/c9-4-1-3(5(13)2-12)6(10)8(14)7(4)11/h1,5,14H,2,12-13H2/t5-/m1/s1. The second kappa shape index (κ2) is 3.85. The van der Waals surface area contributed by atoms with Crippen molar-refractivity contribution in [3.8, 4) is 5.75 Å². The van der Waals surface area contributed by atoms with E-state index in [2.05, 4.69) is 0 Å². The van der Waals surface area contributed by atoms with E-state index in [9.17, 15) is 13.2 Å². The highest BCUT2D eigenvalue weighted by molar-refractivity contribution is 5.34. The molecule has 0 bridgehead atoms. The van der Waals surface area contributed by atoms with Gasteiger partial charge in [-0.25, -0.2) is 8.78 Å². The zero-order valence-corrected chi connectivity index (χ0v) is 7.10. The predicted molar refractivity (Wildman–Crippen MR) is 44.0 cm³/mol. The average molecular weight is 206 g/mol. The molecule has 0 aromatic heterocycles. The summed E-state index contributed by atoms with van der Waals surface area (Å²) in [6, 6.07) is -0.391. The summed E-state index contributed by atoms with van der Waals surface area (Å²) < 4.78 is 38.4. The molecule has 78 valence electrons. The van der Waals surface area contributed by atoms with Gasteiger partial charge in [0.25, 0.3) is 0 Å². The second-order valence-corrected chi connectivity index (χ2v) is 2.77. The molecule has 0 heterocycles. The van der Waals surface area contributed by atoms with E-state index in [1.807, 2.05) is 0 Å². The first-order chi connectivity index (χ1) is 6.49. The fraction of sp³-hybridized carbons (Fsp3) is 0.250. The third-order valence-electron chi connectivity index (χ3n) is 1.81. The third-order valence-corrected chi connectivity index (χ3v) is 1.81. The van der Waals surface area contributed by atoms with Gasteiger partial charge in [-0.1, -0.05) is 0 Å². The van der Waals surface area contributed by atoms with Crippen molar-refractivity contribution in [3.05, 3.63) is 29.1 Å². The Morgan fingerprint density at radius 2 is 1.86 bits per heavy atom. The van der Waals surface area contributed by atoms with Crippen molar-refractivity contribution < 1.29 is 18.3 Å². The van der Waals surface area contributed by atoms with Crippen molar-refractivity contribution in [2.45, 2.75) is 6.04 Å². The van der Waals surface area contributed by atoms with Crippen LogP contribution in [0.5, 0.6) is 5.75 Å². The number of nitrogens with two attached hydrogens (primary N) is 2. The molecule has 1 rings (SSSR count). The topological polar surface area (TPSA) is 72.3 Å². The fourth-order valence-electron chi connectivity index (χ4n) is 1.01. The van der Waals surface area contributed by atoms with Crippen molar-refractivity contribution in [2.24, 2.45) is 11.5 Å². The Morgan fingerprint density at radius 3 is 2.36 bits per heavy atom. The van der Waals surface area contributed by atoms with E-state index in [0.29, 0.717) is 6.07 Å². The monoisotopic (exact) mass is 206 g/mol. The summed E-state index contributed by atoms with van der Waals surface area (Å²) in [5, 5.41) is 8.83. The van der Waals surface area contributed by atoms with Crippen molar-refractivity contribution in [2.75, 3.05) is 6.54 Å². The molecule has 1 atom stereocenters. The molecule has 0 saturated carbocycles. The minimum absolute atomic E-state index is 0.137. The number of aromatic hydroxyl groups is 1. The van der Waals surface area contributed by atoms with Crippen LogP contribution in [0.15, 0.2) is 6.07 Å². The van der Waals surface area contributed by atoms with Crippen LogP contribution in [0.4, 0.5) is 13.2 Å². The molecule has 1 aromatic carbocycles. The first kappa shape index (κ1) is 10.8. The number of rotatable bonds is 2. The van der Waals surface area contributed by atoms with Crippen LogP contribution in [0.25, 0.3) is 0 Å². The molecule has 1 aromatic rings. The van der Waals surface area contributed by atoms with Crippen molar-refractivity contribution in [1.29, 1.82) is 0 Å². The van der Waals surface area contributed by atoms with Gasteiger partial charge in [0.1, 0.15) is 0 Å². The summed E-state index contributed by atoms with van der Waals surface area (Å²) in [4.78, 5) is 0. The van der Waals surface area contributed by atoms with Crippen molar-refractivity contribution in [1.82, 2.24) is 0 Å². The highest BCUT2D eigenvalue weighted by Gasteiger charge is 2.20. The van der Waals surface area contributed by atoms with E-state index in [1.54, 1.807) is 0 Å². The SMILES string of the molecule is NC[C@@H](N)c1cc(F)c(F)c(O)c1F. The Labute approximate surface area is 78.1 Å². The maximum Gasteiger partial charge on any atom is 0.203 e. The minimum atomic E-state index is -1.63. The van der Waals surface area contributed by atoms with Crippen LogP contribution in [0.3, 0.4) is 0 Å². The summed E-state index contributed by atoms with van der Waals surface area (Å²) in [5.41, 5.74) is 10.1. The van der Waals surface area contributed by atoms with E-state index in [4.69, 9.17) is 16.6 Å². The maximum atomic E-state index is 13.1. The highest BCUT2D eigenvalue weighted by atomic mass is 19.2. The largest absolute Gasteiger partial charge is 0.503 e. The lowest BCUT2D eigenvalue weighted by atomic mass is 10.1. The molecule has 0 aliphatic heterocycles. The molecule has 0 aliphatic rings. The molecule has 6 heteroatoms. The number of phenols is 1. The second-order valence-electron chi connectivity index (χ2n) is 2.77. The average Bonchev–Trinajstić information content (AvgIpc) is 2.19. The number of hydrogen-bond acceptors (Lipinski definition) is 3. The number of phenolic OH excluding ortho intramolecular Hbond substituents is 1. The quantitative estimate of drug-likeness (QED) is 0.626. The van der Waals surface area contributed by atoms with Crippen LogP contribution in [0, 0.1) is 17.5 Å². The lowest BCUT2D eigenvalue weighted by molar-refractivity contribution is 0.370. The molecular formula is C8H9F3N2O. The van der Waals surface area contributed by atoms with Gasteiger partial charge in [-0.2, -0.15) is 4.39 Å². The lowest BCUT2D eigenvalue weighted by Gasteiger charge is -2.11. The molecule has 5 N–H and O–H groups in total. The Bertz CT molecular complexity index is 357. The minimum Gasteiger partial charge on any atom is -0.503 e. The van der Waals surface area contributed by atoms with Gasteiger partial charge >= 0.3 is 0 Å². The fourth-order valence-corrected chi connectivity index (χ4v) is 1.01. The normalized spacial score (nSPS) is 12.9. The van der Waals surface area contributed by atoms with E-state index >= 15 is 0 Å². The summed E-state index contributed by atoms with van der Waals surface area (Å²) in [6.45, 7) is -0.137. The van der Waals surface area contributed by atoms with Gasteiger partial charge < -0.3 is 16.6 Å². The summed E-state index contributed by atoms with van der Waals surface area (Å²) >= 11 is 0. The number of halogens is 3. The van der Waals surface area contributed by atoms with Gasteiger partial charge in [0, 0.05) is 18.2 Å². The molecule has 0 spiro atoms. The molecular weight excluding hydrogens is 197 g/mol. The van der Waals surface area contributed by atoms with Gasteiger partial charge in [0.15, 0.2) is 17.4 Å². The zero-order valence-electron chi connectivity index (χ0n) is 7.10. The van der Waals surface area contributed by atoms with Crippen LogP contribution in [0.2, 0.25) is 0 Å². The van der Waals surface area contributed by atoms with Gasteiger partial charge in [-0.05, 0) is 6.07 Å². The van der Waals surface area contributed by atoms with E-state index < -0.39 is 29.2 Å². The summed E-state index contributed by atoms with van der Waals surface area (Å²) in [6.07, 6.45) is 0. The molecule has 14 heavy (non-hydrogen) atoms.